The molecule has 0 spiro atoms. The molecule has 1 aliphatic heterocycles. The van der Waals surface area contributed by atoms with Crippen LogP contribution in [-0.4, -0.2) is 5.91 Å². The summed E-state index contributed by atoms with van der Waals surface area (Å²) in [4.78, 5) is 10.0. The zero-order valence-electron chi connectivity index (χ0n) is 3.26. The van der Waals surface area contributed by atoms with E-state index in [4.69, 9.17) is 11.6 Å². The van der Waals surface area contributed by atoms with Crippen LogP contribution in [0.4, 0.5) is 0 Å². The van der Waals surface area contributed by atoms with Gasteiger partial charge in [0.15, 0.2) is 5.16 Å². The second kappa shape index (κ2) is 1.42. The van der Waals surface area contributed by atoms with Crippen LogP contribution in [0.15, 0.2) is 21.5 Å². The minimum atomic E-state index is -0.384. The quantitative estimate of drug-likeness (QED) is 0.437. The Hall–Kier alpha value is -0.700. The molecule has 7 heavy (non-hydrogen) atoms. The molecule has 0 aromatic rings. The molecule has 1 amide bonds. The maximum atomic E-state index is 10.0. The Bertz CT molecular complexity index is 160. The van der Waals surface area contributed by atoms with Gasteiger partial charge in [0, 0.05) is 6.08 Å². The van der Waals surface area contributed by atoms with Crippen molar-refractivity contribution >= 4 is 17.5 Å². The molecule has 0 saturated heterocycles. The van der Waals surface area contributed by atoms with Crippen LogP contribution in [0.3, 0.4) is 0 Å². The highest BCUT2D eigenvalue weighted by molar-refractivity contribution is 6.31. The Morgan fingerprint density at radius 3 is 2.43 bits per heavy atom. The number of azo groups is 1. The summed E-state index contributed by atoms with van der Waals surface area (Å²) in [5.74, 6) is -0.384. The van der Waals surface area contributed by atoms with E-state index in [9.17, 15) is 4.79 Å². The summed E-state index contributed by atoms with van der Waals surface area (Å²) in [7, 11) is 0. The normalized spacial score (nSPS) is 17.9. The molecule has 1 aliphatic rings. The monoisotopic (exact) mass is 116 g/mol. The SMILES string of the molecule is O=C1C=C(Cl)N=N1. The van der Waals surface area contributed by atoms with Gasteiger partial charge < -0.3 is 0 Å². The average Bonchev–Trinajstić information content (AvgIpc) is 1.87. The maximum Gasteiger partial charge on any atom is 0.291 e. The lowest BCUT2D eigenvalue weighted by atomic mass is 10.6. The van der Waals surface area contributed by atoms with Gasteiger partial charge in [-0.2, -0.15) is 0 Å². The lowest BCUT2D eigenvalue weighted by Gasteiger charge is -1.63. The van der Waals surface area contributed by atoms with Crippen LogP contribution in [0, 0.1) is 0 Å². The number of rotatable bonds is 0. The molecule has 0 fully saturated rings. The Morgan fingerprint density at radius 2 is 2.29 bits per heavy atom. The Morgan fingerprint density at radius 1 is 1.57 bits per heavy atom. The second-order valence-corrected chi connectivity index (χ2v) is 1.39. The Balaban J connectivity index is 2.88. The highest BCUT2D eigenvalue weighted by Gasteiger charge is 2.02. The molecule has 0 N–H and O–H groups in total. The van der Waals surface area contributed by atoms with Crippen molar-refractivity contribution in [3.8, 4) is 0 Å². The van der Waals surface area contributed by atoms with Crippen molar-refractivity contribution in [1.29, 1.82) is 0 Å². The first-order valence-corrected chi connectivity index (χ1v) is 2.00. The molecule has 0 aliphatic carbocycles. The molecule has 4 heteroatoms. The highest BCUT2D eigenvalue weighted by Crippen LogP contribution is 2.09. The van der Waals surface area contributed by atoms with Gasteiger partial charge in [0.1, 0.15) is 0 Å². The first-order chi connectivity index (χ1) is 3.29. The van der Waals surface area contributed by atoms with E-state index in [0.717, 1.165) is 6.08 Å². The minimum absolute atomic E-state index is 0.157. The summed E-state index contributed by atoms with van der Waals surface area (Å²) in [6.45, 7) is 0. The van der Waals surface area contributed by atoms with Crippen LogP contribution in [-0.2, 0) is 4.79 Å². The minimum Gasteiger partial charge on any atom is -0.266 e. The van der Waals surface area contributed by atoms with Gasteiger partial charge in [-0.1, -0.05) is 11.6 Å². The molecule has 0 aromatic heterocycles. The van der Waals surface area contributed by atoms with Crippen molar-refractivity contribution in [3.05, 3.63) is 11.2 Å². The van der Waals surface area contributed by atoms with Crippen LogP contribution in [0.1, 0.15) is 0 Å². The van der Waals surface area contributed by atoms with Gasteiger partial charge in [0.05, 0.1) is 0 Å². The van der Waals surface area contributed by atoms with Gasteiger partial charge in [-0.05, 0) is 0 Å². The van der Waals surface area contributed by atoms with Gasteiger partial charge in [-0.15, -0.1) is 10.2 Å². The van der Waals surface area contributed by atoms with Gasteiger partial charge in [-0.3, -0.25) is 4.79 Å². The molecule has 0 atom stereocenters. The second-order valence-electron chi connectivity index (χ2n) is 1.01. The maximum absolute atomic E-state index is 10.0. The van der Waals surface area contributed by atoms with E-state index < -0.39 is 0 Å². The van der Waals surface area contributed by atoms with E-state index in [0.29, 0.717) is 0 Å². The average molecular weight is 117 g/mol. The van der Waals surface area contributed by atoms with Crippen LogP contribution < -0.4 is 0 Å². The fourth-order valence-corrected chi connectivity index (χ4v) is 0.388. The summed E-state index contributed by atoms with van der Waals surface area (Å²) in [6, 6.07) is 0. The molecule has 3 nitrogen and oxygen atoms in total. The number of hydrogen-bond donors (Lipinski definition) is 0. The fraction of sp³-hybridized carbons (Fsp3) is 0. The highest BCUT2D eigenvalue weighted by atomic mass is 35.5. The van der Waals surface area contributed by atoms with Gasteiger partial charge in [0.2, 0.25) is 0 Å². The number of hydrogen-bond acceptors (Lipinski definition) is 2. The lowest BCUT2D eigenvalue weighted by Crippen LogP contribution is -1.75. The molecule has 0 aromatic carbocycles. The largest absolute Gasteiger partial charge is 0.291 e. The number of amides is 1. The van der Waals surface area contributed by atoms with E-state index in [1.54, 1.807) is 0 Å². The third-order valence-corrected chi connectivity index (χ3v) is 0.671. The fourth-order valence-electron chi connectivity index (χ4n) is 0.257. The summed E-state index contributed by atoms with van der Waals surface area (Å²) in [5, 5.41) is 6.46. The third-order valence-electron chi connectivity index (χ3n) is 0.487. The van der Waals surface area contributed by atoms with Crippen molar-refractivity contribution < 1.29 is 4.79 Å². The number of carbonyl (C=O) groups is 1. The topological polar surface area (TPSA) is 41.8 Å². The summed E-state index contributed by atoms with van der Waals surface area (Å²) >= 11 is 5.19. The van der Waals surface area contributed by atoms with Gasteiger partial charge in [-0.25, -0.2) is 0 Å². The molecule has 0 bridgehead atoms. The van der Waals surface area contributed by atoms with Crippen LogP contribution in [0.25, 0.3) is 0 Å². The van der Waals surface area contributed by atoms with Gasteiger partial charge in [0.25, 0.3) is 5.91 Å². The number of nitrogens with zero attached hydrogens (tertiary/aromatic N) is 2. The lowest BCUT2D eigenvalue weighted by molar-refractivity contribution is -0.113. The Kier molecular flexibility index (Phi) is 0.906. The van der Waals surface area contributed by atoms with Crippen molar-refractivity contribution in [2.75, 3.05) is 0 Å². The molecule has 1 heterocycles. The van der Waals surface area contributed by atoms with Crippen molar-refractivity contribution in [1.82, 2.24) is 0 Å². The molecular weight excluding hydrogens is 115 g/mol. The first-order valence-electron chi connectivity index (χ1n) is 1.62. The summed E-state index contributed by atoms with van der Waals surface area (Å²) in [6.07, 6.45) is 1.15. The van der Waals surface area contributed by atoms with Crippen molar-refractivity contribution in [3.63, 3.8) is 0 Å². The predicted octanol–water partition coefficient (Wildman–Crippen LogP) is 1.06. The number of halogens is 1. The standard InChI is InChI=1S/C3HClN2O/c4-2-1-3(7)6-5-2/h1H. The Labute approximate surface area is 44.7 Å². The number of carbonyl (C=O) groups excluding carboxylic acids is 1. The van der Waals surface area contributed by atoms with E-state index in [-0.39, 0.29) is 11.1 Å². The van der Waals surface area contributed by atoms with E-state index in [2.05, 4.69) is 10.2 Å². The summed E-state index contributed by atoms with van der Waals surface area (Å²) < 4.78 is 0. The summed E-state index contributed by atoms with van der Waals surface area (Å²) in [5.41, 5.74) is 0. The molecule has 36 valence electrons. The van der Waals surface area contributed by atoms with E-state index in [1.165, 1.54) is 0 Å². The van der Waals surface area contributed by atoms with Crippen LogP contribution >= 0.6 is 11.6 Å². The first kappa shape index (κ1) is 4.46. The van der Waals surface area contributed by atoms with E-state index in [1.807, 2.05) is 0 Å². The zero-order chi connectivity index (χ0) is 5.28. The van der Waals surface area contributed by atoms with E-state index >= 15 is 0 Å². The predicted molar refractivity (Wildman–Crippen MR) is 23.8 cm³/mol. The zero-order valence-corrected chi connectivity index (χ0v) is 4.01. The van der Waals surface area contributed by atoms with Crippen molar-refractivity contribution in [2.45, 2.75) is 0 Å². The molecule has 1 rings (SSSR count). The van der Waals surface area contributed by atoms with Crippen LogP contribution in [0.2, 0.25) is 0 Å². The molecule has 0 saturated carbocycles. The van der Waals surface area contributed by atoms with Gasteiger partial charge >= 0.3 is 0 Å². The van der Waals surface area contributed by atoms with Crippen LogP contribution in [0.5, 0.6) is 0 Å². The molecule has 0 radical (unpaired) electrons. The smallest absolute Gasteiger partial charge is 0.266 e. The third kappa shape index (κ3) is 0.838. The van der Waals surface area contributed by atoms with Crippen molar-refractivity contribution in [2.24, 2.45) is 10.2 Å². The molecular formula is C3HClN2O. The molecule has 0 unspecified atom stereocenters.